The molecule has 0 aromatic carbocycles. The number of hydrogen-bond acceptors (Lipinski definition) is 4. The summed E-state index contributed by atoms with van der Waals surface area (Å²) in [4.78, 5) is 12.0. The summed E-state index contributed by atoms with van der Waals surface area (Å²) in [6, 6.07) is -0.350. The van der Waals surface area contributed by atoms with Gasteiger partial charge in [-0.05, 0) is 20.8 Å². The first-order valence-electron chi connectivity index (χ1n) is 6.18. The second kappa shape index (κ2) is 6.46. The molecule has 0 aromatic rings. The van der Waals surface area contributed by atoms with Gasteiger partial charge in [0.25, 0.3) is 0 Å². The quantitative estimate of drug-likeness (QED) is 0.596. The third kappa shape index (κ3) is 3.05. The van der Waals surface area contributed by atoms with Crippen LogP contribution in [-0.4, -0.2) is 46.9 Å². The van der Waals surface area contributed by atoms with Gasteiger partial charge in [-0.3, -0.25) is 0 Å². The van der Waals surface area contributed by atoms with Crippen molar-refractivity contribution in [1.29, 1.82) is 0 Å². The Bertz CT molecular complexity index is 248. The number of carbonyl (C=O) groups excluding carboxylic acids is 1. The van der Waals surface area contributed by atoms with Crippen LogP contribution in [0.2, 0.25) is 0 Å². The van der Waals surface area contributed by atoms with Crippen LogP contribution in [0.3, 0.4) is 0 Å². The highest BCUT2D eigenvalue weighted by atomic mass is 28.4. The van der Waals surface area contributed by atoms with Gasteiger partial charge < -0.3 is 19.0 Å². The summed E-state index contributed by atoms with van der Waals surface area (Å²) >= 11 is 0. The molecule has 1 aliphatic heterocycles. The Labute approximate surface area is 103 Å². The Morgan fingerprint density at radius 1 is 1.24 bits per heavy atom. The molecule has 0 aliphatic carbocycles. The van der Waals surface area contributed by atoms with Crippen molar-refractivity contribution < 1.29 is 23.0 Å². The third-order valence-electron chi connectivity index (χ3n) is 2.90. The highest BCUT2D eigenvalue weighted by Crippen LogP contribution is 2.18. The predicted molar refractivity (Wildman–Crippen MR) is 64.5 cm³/mol. The smallest absolute Gasteiger partial charge is 0.370 e. The van der Waals surface area contributed by atoms with Gasteiger partial charge in [-0.15, -0.1) is 0 Å². The van der Waals surface area contributed by atoms with Gasteiger partial charge in [0.05, 0.1) is 13.0 Å². The van der Waals surface area contributed by atoms with Crippen LogP contribution in [0.4, 0.5) is 4.79 Å². The average Bonchev–Trinajstić information content (AvgIpc) is 2.15. The fraction of sp³-hybridized carbons (Fsp3) is 0.900. The lowest BCUT2D eigenvalue weighted by Gasteiger charge is -2.42. The number of primary amides is 1. The van der Waals surface area contributed by atoms with Crippen LogP contribution in [-0.2, 0) is 13.3 Å². The van der Waals surface area contributed by atoms with Crippen molar-refractivity contribution in [2.45, 2.75) is 32.9 Å². The SMILES string of the molecule is CCO[Si](OCC)(OCC)C1CC[NH+]1C(N)=O. The molecular formula is C10H23N2O4Si+. The topological polar surface area (TPSA) is 75.2 Å². The zero-order valence-electron chi connectivity index (χ0n) is 10.8. The molecule has 0 saturated carbocycles. The third-order valence-corrected chi connectivity index (χ3v) is 6.47. The molecule has 3 N–H and O–H groups in total. The summed E-state index contributed by atoms with van der Waals surface area (Å²) in [7, 11) is -2.78. The highest BCUT2D eigenvalue weighted by molar-refractivity contribution is 6.62. The molecule has 17 heavy (non-hydrogen) atoms. The van der Waals surface area contributed by atoms with E-state index < -0.39 is 8.80 Å². The summed E-state index contributed by atoms with van der Waals surface area (Å²) < 4.78 is 17.3. The summed E-state index contributed by atoms with van der Waals surface area (Å²) in [6.07, 6.45) is 0.866. The molecule has 1 aliphatic rings. The Morgan fingerprint density at radius 2 is 1.71 bits per heavy atom. The van der Waals surface area contributed by atoms with E-state index in [1.807, 2.05) is 20.8 Å². The van der Waals surface area contributed by atoms with Crippen molar-refractivity contribution in [3.63, 3.8) is 0 Å². The molecule has 0 aromatic heterocycles. The van der Waals surface area contributed by atoms with Crippen molar-refractivity contribution in [2.24, 2.45) is 5.73 Å². The first-order chi connectivity index (χ1) is 8.11. The Balaban J connectivity index is 2.82. The molecule has 2 amide bonds. The first-order valence-corrected chi connectivity index (χ1v) is 7.98. The van der Waals surface area contributed by atoms with Gasteiger partial charge in [-0.1, -0.05) is 0 Å². The number of carbonyl (C=O) groups is 1. The van der Waals surface area contributed by atoms with E-state index in [2.05, 4.69) is 0 Å². The van der Waals surface area contributed by atoms with Crippen LogP contribution < -0.4 is 10.6 Å². The summed E-state index contributed by atoms with van der Waals surface area (Å²) in [5, 5.41) is 0. The van der Waals surface area contributed by atoms with Crippen LogP contribution >= 0.6 is 0 Å². The van der Waals surface area contributed by atoms with Crippen LogP contribution in [0, 0.1) is 0 Å². The van der Waals surface area contributed by atoms with Crippen molar-refractivity contribution in [2.75, 3.05) is 26.4 Å². The van der Waals surface area contributed by atoms with Crippen molar-refractivity contribution >= 4 is 14.8 Å². The molecule has 2 atom stereocenters. The number of urea groups is 1. The monoisotopic (exact) mass is 263 g/mol. The molecule has 6 nitrogen and oxygen atoms in total. The van der Waals surface area contributed by atoms with Crippen LogP contribution in [0.25, 0.3) is 0 Å². The Kier molecular flexibility index (Phi) is 5.54. The molecule has 1 fully saturated rings. The molecular weight excluding hydrogens is 240 g/mol. The maximum Gasteiger partial charge on any atom is 0.563 e. The van der Waals surface area contributed by atoms with Crippen molar-refractivity contribution in [3.8, 4) is 0 Å². The molecule has 1 saturated heterocycles. The van der Waals surface area contributed by atoms with Crippen molar-refractivity contribution in [1.82, 2.24) is 0 Å². The minimum Gasteiger partial charge on any atom is -0.370 e. The predicted octanol–water partition coefficient (Wildman–Crippen LogP) is -0.690. The second-order valence-corrected chi connectivity index (χ2v) is 6.65. The molecule has 1 heterocycles. The number of likely N-dealkylation sites (tertiary alicyclic amines) is 1. The van der Waals surface area contributed by atoms with Crippen LogP contribution in [0.5, 0.6) is 0 Å². The number of amides is 2. The molecule has 0 spiro atoms. The number of rotatable bonds is 7. The second-order valence-electron chi connectivity index (χ2n) is 3.88. The van der Waals surface area contributed by atoms with Gasteiger partial charge in [0, 0.05) is 19.8 Å². The van der Waals surface area contributed by atoms with E-state index in [0.29, 0.717) is 24.7 Å². The van der Waals surface area contributed by atoms with E-state index in [9.17, 15) is 4.79 Å². The average molecular weight is 263 g/mol. The number of hydrogen-bond donors (Lipinski definition) is 2. The van der Waals surface area contributed by atoms with Gasteiger partial charge >= 0.3 is 14.8 Å². The van der Waals surface area contributed by atoms with E-state index in [1.165, 1.54) is 0 Å². The van der Waals surface area contributed by atoms with Gasteiger partial charge in [0.2, 0.25) is 0 Å². The normalized spacial score (nSPS) is 24.4. The maximum absolute atomic E-state index is 11.3. The molecule has 0 bridgehead atoms. The van der Waals surface area contributed by atoms with E-state index in [1.54, 1.807) is 0 Å². The van der Waals surface area contributed by atoms with Crippen LogP contribution in [0.15, 0.2) is 0 Å². The van der Waals surface area contributed by atoms with E-state index in [0.717, 1.165) is 13.0 Å². The lowest BCUT2D eigenvalue weighted by atomic mass is 10.2. The van der Waals surface area contributed by atoms with E-state index >= 15 is 0 Å². The standard InChI is InChI=1S/C10H22N2O4Si/c1-4-14-17(15-5-2,16-6-3)9-7-8-12(9)10(11)13/h9H,4-8H2,1-3H3,(H2,11,13)/p+1. The van der Waals surface area contributed by atoms with E-state index in [-0.39, 0.29) is 11.7 Å². The van der Waals surface area contributed by atoms with Crippen molar-refractivity contribution in [3.05, 3.63) is 0 Å². The van der Waals surface area contributed by atoms with Crippen LogP contribution in [0.1, 0.15) is 27.2 Å². The molecule has 100 valence electrons. The maximum atomic E-state index is 11.3. The fourth-order valence-electron chi connectivity index (χ4n) is 2.15. The Hall–Kier alpha value is -0.473. The first kappa shape index (κ1) is 14.6. The fourth-order valence-corrected chi connectivity index (χ4v) is 5.42. The molecule has 0 radical (unpaired) electrons. The summed E-state index contributed by atoms with van der Waals surface area (Å²) in [6.45, 7) is 8.02. The summed E-state index contributed by atoms with van der Waals surface area (Å²) in [5.74, 6) is 0. The minimum atomic E-state index is -2.78. The van der Waals surface area contributed by atoms with Gasteiger partial charge in [0.15, 0.2) is 5.67 Å². The zero-order chi connectivity index (χ0) is 12.9. The Morgan fingerprint density at radius 3 is 1.94 bits per heavy atom. The summed E-state index contributed by atoms with van der Waals surface area (Å²) in [5.41, 5.74) is 5.31. The minimum absolute atomic E-state index is 0.0418. The van der Waals surface area contributed by atoms with Gasteiger partial charge in [0.1, 0.15) is 0 Å². The van der Waals surface area contributed by atoms with Gasteiger partial charge in [-0.2, -0.15) is 0 Å². The number of nitrogens with two attached hydrogens (primary N) is 1. The molecule has 1 rings (SSSR count). The molecule has 2 unspecified atom stereocenters. The van der Waals surface area contributed by atoms with E-state index in [4.69, 9.17) is 19.0 Å². The largest absolute Gasteiger partial charge is 0.563 e. The zero-order valence-corrected chi connectivity index (χ0v) is 11.8. The lowest BCUT2D eigenvalue weighted by molar-refractivity contribution is -0.877. The number of quaternary nitrogens is 1. The lowest BCUT2D eigenvalue weighted by Crippen LogP contribution is -3.28. The number of nitrogens with one attached hydrogen (secondary N) is 1. The highest BCUT2D eigenvalue weighted by Gasteiger charge is 2.61. The van der Waals surface area contributed by atoms with Gasteiger partial charge in [-0.25, -0.2) is 9.69 Å². The molecule has 7 heteroatoms.